The Balaban J connectivity index is 1.25. The van der Waals surface area contributed by atoms with E-state index in [1.165, 1.54) is 66.8 Å². The number of rotatable bonds is 7. The number of benzene rings is 8. The first-order valence-electron chi connectivity index (χ1n) is 18.1. The van der Waals surface area contributed by atoms with Gasteiger partial charge < -0.3 is 4.90 Å². The highest BCUT2D eigenvalue weighted by Gasteiger charge is 2.38. The number of nitrogens with zero attached hydrogens (tertiary/aromatic N) is 1. The molecule has 1 aliphatic rings. The summed E-state index contributed by atoms with van der Waals surface area (Å²) in [6, 6.07) is 72.8. The molecule has 0 amide bonds. The molecule has 0 spiro atoms. The molecule has 0 aliphatic heterocycles. The lowest BCUT2D eigenvalue weighted by molar-refractivity contribution is 0.660. The van der Waals surface area contributed by atoms with E-state index in [0.29, 0.717) is 0 Å². The molecule has 0 heterocycles. The van der Waals surface area contributed by atoms with Crippen LogP contribution >= 0.6 is 0 Å². The zero-order chi connectivity index (χ0) is 35.1. The van der Waals surface area contributed by atoms with Crippen molar-refractivity contribution in [1.29, 1.82) is 0 Å². The lowest BCUT2D eigenvalue weighted by Crippen LogP contribution is -2.17. The first-order chi connectivity index (χ1) is 25.5. The molecular formula is C51H39N. The Bertz CT molecular complexity index is 2400. The van der Waals surface area contributed by atoms with Gasteiger partial charge in [0.15, 0.2) is 0 Å². The van der Waals surface area contributed by atoms with Gasteiger partial charge in [-0.2, -0.15) is 0 Å². The van der Waals surface area contributed by atoms with E-state index in [1.54, 1.807) is 0 Å². The van der Waals surface area contributed by atoms with Gasteiger partial charge in [0, 0.05) is 22.5 Å². The van der Waals surface area contributed by atoms with E-state index in [-0.39, 0.29) is 5.41 Å². The van der Waals surface area contributed by atoms with Crippen LogP contribution in [0.1, 0.15) is 25.0 Å². The van der Waals surface area contributed by atoms with Crippen molar-refractivity contribution in [2.24, 2.45) is 0 Å². The standard InChI is InChI=1S/C51H39N/c1-51(2)48-32-27-42(38-19-11-5-12-20-38)33-47(48)50-46(41-21-13-6-14-22-41)34-45(35-49(50)51)52(43-28-23-39(24-29-43)36-15-7-3-8-16-36)44-30-25-40(26-31-44)37-17-9-4-10-18-37/h3-35H,1-2H3. The molecule has 0 unspecified atom stereocenters. The van der Waals surface area contributed by atoms with E-state index < -0.39 is 0 Å². The fraction of sp³-hybridized carbons (Fsp3) is 0.0588. The van der Waals surface area contributed by atoms with Gasteiger partial charge in [-0.05, 0) is 109 Å². The summed E-state index contributed by atoms with van der Waals surface area (Å²) in [4.78, 5) is 2.42. The highest BCUT2D eigenvalue weighted by Crippen LogP contribution is 2.55. The maximum atomic E-state index is 2.44. The fourth-order valence-corrected chi connectivity index (χ4v) is 7.95. The summed E-state index contributed by atoms with van der Waals surface area (Å²) < 4.78 is 0. The largest absolute Gasteiger partial charge is 0.310 e. The van der Waals surface area contributed by atoms with Crippen molar-refractivity contribution in [2.75, 3.05) is 4.90 Å². The smallest absolute Gasteiger partial charge is 0.0471 e. The third-order valence-corrected chi connectivity index (χ3v) is 10.7. The van der Waals surface area contributed by atoms with Crippen LogP contribution in [0.5, 0.6) is 0 Å². The molecular weight excluding hydrogens is 627 g/mol. The Kier molecular flexibility index (Phi) is 7.90. The van der Waals surface area contributed by atoms with Gasteiger partial charge in [0.2, 0.25) is 0 Å². The lowest BCUT2D eigenvalue weighted by Gasteiger charge is -2.29. The Morgan fingerprint density at radius 3 is 1.19 bits per heavy atom. The average Bonchev–Trinajstić information content (AvgIpc) is 3.45. The summed E-state index contributed by atoms with van der Waals surface area (Å²) in [5, 5.41) is 0. The van der Waals surface area contributed by atoms with Gasteiger partial charge in [-0.15, -0.1) is 0 Å². The molecule has 0 saturated carbocycles. The normalized spacial score (nSPS) is 12.6. The quantitative estimate of drug-likeness (QED) is 0.164. The van der Waals surface area contributed by atoms with Crippen molar-refractivity contribution < 1.29 is 0 Å². The van der Waals surface area contributed by atoms with Crippen molar-refractivity contribution in [3.63, 3.8) is 0 Å². The molecule has 9 rings (SSSR count). The molecule has 0 aromatic heterocycles. The van der Waals surface area contributed by atoms with E-state index in [1.807, 2.05) is 0 Å². The minimum atomic E-state index is -0.195. The average molecular weight is 666 g/mol. The number of hydrogen-bond acceptors (Lipinski definition) is 1. The van der Waals surface area contributed by atoms with Crippen LogP contribution in [-0.2, 0) is 5.41 Å². The van der Waals surface area contributed by atoms with Gasteiger partial charge >= 0.3 is 0 Å². The van der Waals surface area contributed by atoms with E-state index in [2.05, 4.69) is 219 Å². The number of hydrogen-bond donors (Lipinski definition) is 0. The van der Waals surface area contributed by atoms with Crippen LogP contribution in [0.25, 0.3) is 55.6 Å². The van der Waals surface area contributed by atoms with E-state index in [0.717, 1.165) is 17.1 Å². The number of fused-ring (bicyclic) bond motifs is 3. The van der Waals surface area contributed by atoms with Crippen LogP contribution in [0, 0.1) is 0 Å². The number of anilines is 3. The molecule has 0 saturated heterocycles. The van der Waals surface area contributed by atoms with Crippen LogP contribution in [0.2, 0.25) is 0 Å². The van der Waals surface area contributed by atoms with Crippen molar-refractivity contribution in [3.05, 3.63) is 211 Å². The van der Waals surface area contributed by atoms with Crippen molar-refractivity contribution in [1.82, 2.24) is 0 Å². The summed E-state index contributed by atoms with van der Waals surface area (Å²) in [5.74, 6) is 0. The van der Waals surface area contributed by atoms with Crippen LogP contribution < -0.4 is 4.90 Å². The molecule has 0 atom stereocenters. The summed E-state index contributed by atoms with van der Waals surface area (Å²) in [6.07, 6.45) is 0. The molecule has 52 heavy (non-hydrogen) atoms. The highest BCUT2D eigenvalue weighted by atomic mass is 15.1. The maximum Gasteiger partial charge on any atom is 0.0471 e. The molecule has 0 N–H and O–H groups in total. The summed E-state index contributed by atoms with van der Waals surface area (Å²) in [5.41, 5.74) is 18.3. The Labute approximate surface area is 307 Å². The van der Waals surface area contributed by atoms with Crippen LogP contribution in [0.15, 0.2) is 200 Å². The Morgan fingerprint density at radius 1 is 0.308 bits per heavy atom. The van der Waals surface area contributed by atoms with E-state index in [4.69, 9.17) is 0 Å². The zero-order valence-electron chi connectivity index (χ0n) is 29.5. The predicted octanol–water partition coefficient (Wildman–Crippen LogP) is 14.1. The lowest BCUT2D eigenvalue weighted by atomic mass is 9.81. The van der Waals surface area contributed by atoms with Crippen LogP contribution in [-0.4, -0.2) is 0 Å². The Morgan fingerprint density at radius 2 is 0.712 bits per heavy atom. The summed E-state index contributed by atoms with van der Waals surface area (Å²) >= 11 is 0. The molecule has 0 radical (unpaired) electrons. The second-order valence-electron chi connectivity index (χ2n) is 14.2. The van der Waals surface area contributed by atoms with Gasteiger partial charge in [0.25, 0.3) is 0 Å². The van der Waals surface area contributed by atoms with Crippen molar-refractivity contribution >= 4 is 17.1 Å². The van der Waals surface area contributed by atoms with Gasteiger partial charge in [0.05, 0.1) is 0 Å². The molecule has 0 bridgehead atoms. The fourth-order valence-electron chi connectivity index (χ4n) is 7.95. The third-order valence-electron chi connectivity index (χ3n) is 10.7. The minimum Gasteiger partial charge on any atom is -0.310 e. The second-order valence-corrected chi connectivity index (χ2v) is 14.2. The minimum absolute atomic E-state index is 0.195. The van der Waals surface area contributed by atoms with E-state index in [9.17, 15) is 0 Å². The van der Waals surface area contributed by atoms with E-state index >= 15 is 0 Å². The van der Waals surface area contributed by atoms with Crippen LogP contribution in [0.4, 0.5) is 17.1 Å². The molecule has 8 aromatic carbocycles. The summed E-state index contributed by atoms with van der Waals surface area (Å²) in [7, 11) is 0. The van der Waals surface area contributed by atoms with Gasteiger partial charge in [-0.25, -0.2) is 0 Å². The SMILES string of the molecule is CC1(C)c2ccc(-c3ccccc3)cc2-c2c(-c3ccccc3)cc(N(c3ccc(-c4ccccc4)cc3)c3ccc(-c4ccccc4)cc3)cc21. The van der Waals surface area contributed by atoms with Gasteiger partial charge in [-0.3, -0.25) is 0 Å². The molecule has 248 valence electrons. The third kappa shape index (κ3) is 5.61. The molecule has 1 aliphatic carbocycles. The topological polar surface area (TPSA) is 3.24 Å². The molecule has 1 heteroatoms. The van der Waals surface area contributed by atoms with Gasteiger partial charge in [0.1, 0.15) is 0 Å². The predicted molar refractivity (Wildman–Crippen MR) is 220 cm³/mol. The monoisotopic (exact) mass is 665 g/mol. The molecule has 1 nitrogen and oxygen atoms in total. The first kappa shape index (κ1) is 31.5. The second kappa shape index (κ2) is 13.0. The zero-order valence-corrected chi connectivity index (χ0v) is 29.5. The molecule has 0 fully saturated rings. The Hall–Kier alpha value is -6.44. The molecule has 8 aromatic rings. The van der Waals surface area contributed by atoms with Crippen LogP contribution in [0.3, 0.4) is 0 Å². The maximum absolute atomic E-state index is 2.44. The van der Waals surface area contributed by atoms with Crippen molar-refractivity contribution in [3.8, 4) is 55.6 Å². The summed E-state index contributed by atoms with van der Waals surface area (Å²) in [6.45, 7) is 4.76. The first-order valence-corrected chi connectivity index (χ1v) is 18.1. The van der Waals surface area contributed by atoms with Gasteiger partial charge in [-0.1, -0.05) is 172 Å². The highest BCUT2D eigenvalue weighted by molar-refractivity contribution is 5.97. The van der Waals surface area contributed by atoms with Crippen molar-refractivity contribution in [2.45, 2.75) is 19.3 Å².